The number of hydrogen-bond donors (Lipinski definition) is 1. The van der Waals surface area contributed by atoms with E-state index in [0.717, 1.165) is 16.8 Å². The maximum atomic E-state index is 11.9. The summed E-state index contributed by atoms with van der Waals surface area (Å²) >= 11 is 0. The van der Waals surface area contributed by atoms with Crippen LogP contribution in [0.3, 0.4) is 0 Å². The Balaban J connectivity index is 1.65. The summed E-state index contributed by atoms with van der Waals surface area (Å²) in [6, 6.07) is 14.9. The van der Waals surface area contributed by atoms with Gasteiger partial charge >= 0.3 is 12.1 Å². The summed E-state index contributed by atoms with van der Waals surface area (Å²) in [6.45, 7) is 0.727. The first-order valence-corrected chi connectivity index (χ1v) is 7.64. The van der Waals surface area contributed by atoms with Crippen molar-refractivity contribution in [2.45, 2.75) is 13.2 Å². The van der Waals surface area contributed by atoms with E-state index in [-0.39, 0.29) is 12.6 Å². The molecule has 1 aliphatic rings. The summed E-state index contributed by atoms with van der Waals surface area (Å²) < 4.78 is 5.21. The van der Waals surface area contributed by atoms with Crippen molar-refractivity contribution in [1.29, 1.82) is 0 Å². The van der Waals surface area contributed by atoms with Crippen LogP contribution in [0.4, 0.5) is 21.0 Å². The van der Waals surface area contributed by atoms with Gasteiger partial charge in [0.15, 0.2) is 0 Å². The monoisotopic (exact) mass is 325 g/mol. The van der Waals surface area contributed by atoms with Crippen molar-refractivity contribution in [2.24, 2.45) is 0 Å². The molecule has 6 heteroatoms. The summed E-state index contributed by atoms with van der Waals surface area (Å²) in [6.07, 6.45) is -0.507. The number of urea groups is 1. The second-order valence-corrected chi connectivity index (χ2v) is 5.73. The molecule has 6 nitrogen and oxygen atoms in total. The lowest BCUT2D eigenvalue weighted by Gasteiger charge is -2.32. The largest absolute Gasteiger partial charge is 0.444 e. The fourth-order valence-electron chi connectivity index (χ4n) is 2.68. The molecule has 3 amide bonds. The van der Waals surface area contributed by atoms with Gasteiger partial charge in [-0.2, -0.15) is 0 Å². The molecule has 0 aliphatic carbocycles. The highest BCUT2D eigenvalue weighted by Crippen LogP contribution is 2.29. The fourth-order valence-corrected chi connectivity index (χ4v) is 2.68. The number of nitrogens with one attached hydrogen (secondary N) is 1. The van der Waals surface area contributed by atoms with Gasteiger partial charge in [0.2, 0.25) is 0 Å². The van der Waals surface area contributed by atoms with E-state index in [1.165, 1.54) is 0 Å². The first-order chi connectivity index (χ1) is 11.5. The highest BCUT2D eigenvalue weighted by atomic mass is 16.5. The molecule has 24 heavy (non-hydrogen) atoms. The Kier molecular flexibility index (Phi) is 4.37. The molecule has 0 bridgehead atoms. The molecule has 0 saturated heterocycles. The standard InChI is InChI=1S/C18H19N3O3/c1-20-11-14-10-15(8-9-16(14)21(2)18(20)23)19-17(22)24-12-13-6-4-3-5-7-13/h3-10H,11-12H2,1-2H3,(H,19,22). The molecule has 124 valence electrons. The lowest BCUT2D eigenvalue weighted by Crippen LogP contribution is -2.42. The third-order valence-electron chi connectivity index (χ3n) is 3.92. The molecule has 0 saturated carbocycles. The predicted octanol–water partition coefficient (Wildman–Crippen LogP) is 3.44. The number of amides is 3. The Morgan fingerprint density at radius 2 is 1.92 bits per heavy atom. The van der Waals surface area contributed by atoms with E-state index in [0.29, 0.717) is 12.2 Å². The van der Waals surface area contributed by atoms with Crippen molar-refractivity contribution < 1.29 is 14.3 Å². The second kappa shape index (κ2) is 6.62. The van der Waals surface area contributed by atoms with Crippen LogP contribution in [0.1, 0.15) is 11.1 Å². The van der Waals surface area contributed by atoms with Gasteiger partial charge in [-0.1, -0.05) is 30.3 Å². The van der Waals surface area contributed by atoms with Gasteiger partial charge in [-0.3, -0.25) is 10.2 Å². The Morgan fingerprint density at radius 3 is 2.67 bits per heavy atom. The molecule has 1 aliphatic heterocycles. The molecule has 0 aromatic heterocycles. The number of carbonyl (C=O) groups is 2. The van der Waals surface area contributed by atoms with Gasteiger partial charge in [0.25, 0.3) is 0 Å². The number of rotatable bonds is 3. The third-order valence-corrected chi connectivity index (χ3v) is 3.92. The number of fused-ring (bicyclic) bond motifs is 1. The molecule has 3 rings (SSSR count). The van der Waals surface area contributed by atoms with Crippen molar-refractivity contribution in [3.05, 3.63) is 59.7 Å². The molecule has 1 heterocycles. The molecule has 2 aromatic rings. The topological polar surface area (TPSA) is 61.9 Å². The molecular formula is C18H19N3O3. The van der Waals surface area contributed by atoms with Crippen molar-refractivity contribution in [3.63, 3.8) is 0 Å². The van der Waals surface area contributed by atoms with Crippen LogP contribution in [0.25, 0.3) is 0 Å². The van der Waals surface area contributed by atoms with Gasteiger partial charge in [-0.05, 0) is 29.3 Å². The summed E-state index contributed by atoms with van der Waals surface area (Å²) in [7, 11) is 3.48. The summed E-state index contributed by atoms with van der Waals surface area (Å²) in [4.78, 5) is 27.1. The summed E-state index contributed by atoms with van der Waals surface area (Å²) in [5, 5.41) is 2.72. The van der Waals surface area contributed by atoms with E-state index in [4.69, 9.17) is 4.74 Å². The van der Waals surface area contributed by atoms with Gasteiger partial charge in [0.1, 0.15) is 6.61 Å². The first kappa shape index (κ1) is 15.9. The van der Waals surface area contributed by atoms with Gasteiger partial charge in [-0.15, -0.1) is 0 Å². The SMILES string of the molecule is CN1Cc2cc(NC(=O)OCc3ccccc3)ccc2N(C)C1=O. The molecule has 2 aromatic carbocycles. The average Bonchev–Trinajstić information content (AvgIpc) is 2.59. The second-order valence-electron chi connectivity index (χ2n) is 5.73. The van der Waals surface area contributed by atoms with E-state index >= 15 is 0 Å². The van der Waals surface area contributed by atoms with Crippen molar-refractivity contribution in [1.82, 2.24) is 4.90 Å². The molecule has 0 atom stereocenters. The minimum Gasteiger partial charge on any atom is -0.444 e. The zero-order chi connectivity index (χ0) is 17.1. The molecule has 0 spiro atoms. The Morgan fingerprint density at radius 1 is 1.17 bits per heavy atom. The van der Waals surface area contributed by atoms with E-state index in [9.17, 15) is 9.59 Å². The number of hydrogen-bond acceptors (Lipinski definition) is 3. The van der Waals surface area contributed by atoms with Gasteiger partial charge in [0, 0.05) is 26.3 Å². The maximum absolute atomic E-state index is 11.9. The van der Waals surface area contributed by atoms with E-state index in [1.807, 2.05) is 42.5 Å². The summed E-state index contributed by atoms with van der Waals surface area (Å²) in [5.41, 5.74) is 3.39. The molecule has 1 N–H and O–H groups in total. The lowest BCUT2D eigenvalue weighted by atomic mass is 10.1. The Hall–Kier alpha value is -3.02. The van der Waals surface area contributed by atoms with Crippen LogP contribution in [0.15, 0.2) is 48.5 Å². The van der Waals surface area contributed by atoms with Gasteiger partial charge < -0.3 is 9.64 Å². The van der Waals surface area contributed by atoms with Crippen LogP contribution in [0.2, 0.25) is 0 Å². The van der Waals surface area contributed by atoms with Crippen molar-refractivity contribution in [2.75, 3.05) is 24.3 Å². The minimum absolute atomic E-state index is 0.0505. The minimum atomic E-state index is -0.507. The molecule has 0 radical (unpaired) electrons. The Labute approximate surface area is 140 Å². The smallest absolute Gasteiger partial charge is 0.411 e. The fraction of sp³-hybridized carbons (Fsp3) is 0.222. The van der Waals surface area contributed by atoms with Crippen LogP contribution in [0.5, 0.6) is 0 Å². The quantitative estimate of drug-likeness (QED) is 0.940. The van der Waals surface area contributed by atoms with E-state index < -0.39 is 6.09 Å². The number of nitrogens with zero attached hydrogens (tertiary/aromatic N) is 2. The normalized spacial score (nSPS) is 13.5. The zero-order valence-electron chi connectivity index (χ0n) is 13.7. The molecular weight excluding hydrogens is 306 g/mol. The highest BCUT2D eigenvalue weighted by Gasteiger charge is 2.25. The first-order valence-electron chi connectivity index (χ1n) is 7.64. The number of anilines is 2. The van der Waals surface area contributed by atoms with E-state index in [2.05, 4.69) is 5.32 Å². The zero-order valence-corrected chi connectivity index (χ0v) is 13.7. The maximum Gasteiger partial charge on any atom is 0.411 e. The van der Waals surface area contributed by atoms with Crippen LogP contribution in [-0.4, -0.2) is 31.1 Å². The third kappa shape index (κ3) is 3.32. The van der Waals surface area contributed by atoms with E-state index in [1.54, 1.807) is 30.0 Å². The highest BCUT2D eigenvalue weighted by molar-refractivity contribution is 5.95. The predicted molar refractivity (Wildman–Crippen MR) is 92.0 cm³/mol. The average molecular weight is 325 g/mol. The number of ether oxygens (including phenoxy) is 1. The molecule has 0 fully saturated rings. The van der Waals surface area contributed by atoms with Crippen molar-refractivity contribution >= 4 is 23.5 Å². The number of carbonyl (C=O) groups excluding carboxylic acids is 2. The van der Waals surface area contributed by atoms with Gasteiger partial charge in [0.05, 0.1) is 5.69 Å². The lowest BCUT2D eigenvalue weighted by molar-refractivity contribution is 0.155. The van der Waals surface area contributed by atoms with Crippen molar-refractivity contribution in [3.8, 4) is 0 Å². The van der Waals surface area contributed by atoms with Crippen LogP contribution < -0.4 is 10.2 Å². The van der Waals surface area contributed by atoms with Gasteiger partial charge in [-0.25, -0.2) is 9.59 Å². The van der Waals surface area contributed by atoms with Crippen LogP contribution in [-0.2, 0) is 17.9 Å². The summed E-state index contributed by atoms with van der Waals surface area (Å²) in [5.74, 6) is 0. The van der Waals surface area contributed by atoms with Crippen LogP contribution in [0, 0.1) is 0 Å². The molecule has 0 unspecified atom stereocenters. The number of benzene rings is 2. The Bertz CT molecular complexity index is 761. The van der Waals surface area contributed by atoms with Crippen LogP contribution >= 0.6 is 0 Å².